The Morgan fingerprint density at radius 2 is 2.27 bits per heavy atom. The first-order valence-corrected chi connectivity index (χ1v) is 4.76. The van der Waals surface area contributed by atoms with Gasteiger partial charge >= 0.3 is 0 Å². The number of aliphatic hydroxyl groups is 3. The van der Waals surface area contributed by atoms with Crippen LogP contribution in [0.1, 0.15) is 12.8 Å². The van der Waals surface area contributed by atoms with Crippen LogP contribution < -0.4 is 0 Å². The fourth-order valence-corrected chi connectivity index (χ4v) is 1.44. The van der Waals surface area contributed by atoms with Gasteiger partial charge in [-0.05, 0) is 0 Å². The van der Waals surface area contributed by atoms with E-state index in [0.717, 1.165) is 0 Å². The molecule has 0 amide bonds. The average molecular weight is 217 g/mol. The van der Waals surface area contributed by atoms with Crippen molar-refractivity contribution in [2.75, 3.05) is 19.8 Å². The third-order valence-corrected chi connectivity index (χ3v) is 2.30. The van der Waals surface area contributed by atoms with Crippen molar-refractivity contribution >= 4 is 0 Å². The summed E-state index contributed by atoms with van der Waals surface area (Å²) in [7, 11) is 0. The molecule has 0 aromatic carbocycles. The standard InChI is InChI=1S/C9H15NO5/c10-2-1-3-14-9(6-11)8(13)4-7(12)5-15-9/h7-8,11-13H,1,3-6H2/t7-,8-,9+/m0/s1. The van der Waals surface area contributed by atoms with Crippen LogP contribution in [-0.2, 0) is 9.47 Å². The number of ether oxygens (including phenoxy) is 2. The van der Waals surface area contributed by atoms with E-state index in [0.29, 0.717) is 0 Å². The fraction of sp³-hybridized carbons (Fsp3) is 0.889. The van der Waals surface area contributed by atoms with Gasteiger partial charge in [-0.25, -0.2) is 0 Å². The Bertz CT molecular complexity index is 241. The van der Waals surface area contributed by atoms with Crippen molar-refractivity contribution in [2.45, 2.75) is 30.8 Å². The number of hydrogen-bond donors (Lipinski definition) is 3. The highest BCUT2D eigenvalue weighted by atomic mass is 16.7. The Kier molecular flexibility index (Phi) is 4.45. The number of rotatable bonds is 4. The molecular weight excluding hydrogens is 202 g/mol. The van der Waals surface area contributed by atoms with E-state index in [-0.39, 0.29) is 26.1 Å². The maximum Gasteiger partial charge on any atom is 0.218 e. The second-order valence-electron chi connectivity index (χ2n) is 3.44. The largest absolute Gasteiger partial charge is 0.391 e. The molecule has 6 heteroatoms. The molecule has 15 heavy (non-hydrogen) atoms. The molecule has 3 atom stereocenters. The third-order valence-electron chi connectivity index (χ3n) is 2.30. The molecule has 0 spiro atoms. The van der Waals surface area contributed by atoms with Gasteiger partial charge in [0.2, 0.25) is 5.79 Å². The predicted molar refractivity (Wildman–Crippen MR) is 48.6 cm³/mol. The second-order valence-corrected chi connectivity index (χ2v) is 3.44. The second kappa shape index (κ2) is 5.39. The van der Waals surface area contributed by atoms with Gasteiger partial charge in [0, 0.05) is 6.42 Å². The van der Waals surface area contributed by atoms with Crippen molar-refractivity contribution in [3.63, 3.8) is 0 Å². The highest BCUT2D eigenvalue weighted by molar-refractivity contribution is 4.86. The number of nitriles is 1. The molecule has 1 aliphatic rings. The summed E-state index contributed by atoms with van der Waals surface area (Å²) in [6.45, 7) is -0.430. The van der Waals surface area contributed by atoms with Gasteiger partial charge in [-0.2, -0.15) is 5.26 Å². The summed E-state index contributed by atoms with van der Waals surface area (Å²) < 4.78 is 10.3. The molecule has 1 fully saturated rings. The maximum absolute atomic E-state index is 9.64. The minimum absolute atomic E-state index is 0.00414. The summed E-state index contributed by atoms with van der Waals surface area (Å²) in [6.07, 6.45) is -1.60. The summed E-state index contributed by atoms with van der Waals surface area (Å²) >= 11 is 0. The van der Waals surface area contributed by atoms with Crippen molar-refractivity contribution < 1.29 is 24.8 Å². The van der Waals surface area contributed by atoms with Crippen LogP contribution in [0, 0.1) is 11.3 Å². The smallest absolute Gasteiger partial charge is 0.218 e. The van der Waals surface area contributed by atoms with Gasteiger partial charge in [-0.3, -0.25) is 0 Å². The Balaban J connectivity index is 2.55. The molecule has 86 valence electrons. The molecule has 1 aliphatic heterocycles. The van der Waals surface area contributed by atoms with E-state index in [1.54, 1.807) is 0 Å². The molecule has 1 rings (SSSR count). The van der Waals surface area contributed by atoms with Gasteiger partial charge < -0.3 is 24.8 Å². The van der Waals surface area contributed by atoms with E-state index in [4.69, 9.17) is 19.8 Å². The van der Waals surface area contributed by atoms with Crippen LogP contribution in [0.15, 0.2) is 0 Å². The molecule has 0 bridgehead atoms. The monoisotopic (exact) mass is 217 g/mol. The van der Waals surface area contributed by atoms with Gasteiger partial charge in [0.05, 0.1) is 38.4 Å². The highest BCUT2D eigenvalue weighted by Gasteiger charge is 2.44. The van der Waals surface area contributed by atoms with Crippen molar-refractivity contribution in [1.82, 2.24) is 0 Å². The first-order valence-electron chi connectivity index (χ1n) is 4.76. The molecule has 1 saturated heterocycles. The molecule has 3 N–H and O–H groups in total. The Labute approximate surface area is 87.7 Å². The number of aliphatic hydroxyl groups excluding tert-OH is 3. The zero-order valence-corrected chi connectivity index (χ0v) is 8.30. The van der Waals surface area contributed by atoms with Crippen LogP contribution >= 0.6 is 0 Å². The molecule has 6 nitrogen and oxygen atoms in total. The number of nitrogens with zero attached hydrogens (tertiary/aromatic N) is 1. The Morgan fingerprint density at radius 1 is 1.53 bits per heavy atom. The van der Waals surface area contributed by atoms with Crippen LogP contribution in [-0.4, -0.2) is 53.1 Å². The first kappa shape index (κ1) is 12.4. The quantitative estimate of drug-likeness (QED) is 0.508. The minimum Gasteiger partial charge on any atom is -0.391 e. The lowest BCUT2D eigenvalue weighted by Crippen LogP contribution is -2.56. The molecule has 0 saturated carbocycles. The van der Waals surface area contributed by atoms with Crippen molar-refractivity contribution in [2.24, 2.45) is 0 Å². The van der Waals surface area contributed by atoms with E-state index in [1.165, 1.54) is 0 Å². The average Bonchev–Trinajstić information content (AvgIpc) is 2.22. The predicted octanol–water partition coefficient (Wildman–Crippen LogP) is -1.25. The molecule has 1 heterocycles. The third kappa shape index (κ3) is 2.87. The van der Waals surface area contributed by atoms with Gasteiger partial charge in [-0.15, -0.1) is 0 Å². The van der Waals surface area contributed by atoms with Crippen LogP contribution in [0.5, 0.6) is 0 Å². The van der Waals surface area contributed by atoms with E-state index >= 15 is 0 Å². The van der Waals surface area contributed by atoms with Crippen LogP contribution in [0.2, 0.25) is 0 Å². The summed E-state index contributed by atoms with van der Waals surface area (Å²) in [5.41, 5.74) is 0. The van der Waals surface area contributed by atoms with Crippen molar-refractivity contribution in [1.29, 1.82) is 5.26 Å². The highest BCUT2D eigenvalue weighted by Crippen LogP contribution is 2.26. The summed E-state index contributed by atoms with van der Waals surface area (Å²) in [4.78, 5) is 0. The molecule has 0 aliphatic carbocycles. The summed E-state index contributed by atoms with van der Waals surface area (Å²) in [5.74, 6) is -1.49. The minimum atomic E-state index is -1.49. The van der Waals surface area contributed by atoms with Crippen LogP contribution in [0.25, 0.3) is 0 Å². The van der Waals surface area contributed by atoms with Gasteiger partial charge in [0.1, 0.15) is 6.10 Å². The van der Waals surface area contributed by atoms with E-state index in [1.807, 2.05) is 6.07 Å². The molecule has 0 aromatic heterocycles. The maximum atomic E-state index is 9.64. The first-order chi connectivity index (χ1) is 7.14. The molecule has 0 unspecified atom stereocenters. The van der Waals surface area contributed by atoms with Gasteiger partial charge in [-0.1, -0.05) is 0 Å². The zero-order valence-electron chi connectivity index (χ0n) is 8.30. The fourth-order valence-electron chi connectivity index (χ4n) is 1.44. The molecule has 0 aromatic rings. The summed E-state index contributed by atoms with van der Waals surface area (Å²) in [5, 5.41) is 36.3. The van der Waals surface area contributed by atoms with Crippen molar-refractivity contribution in [3.05, 3.63) is 0 Å². The van der Waals surface area contributed by atoms with Crippen LogP contribution in [0.4, 0.5) is 0 Å². The molecular formula is C9H15NO5. The van der Waals surface area contributed by atoms with Crippen molar-refractivity contribution in [3.8, 4) is 6.07 Å². The SMILES string of the molecule is N#CCCO[C@]1(CO)OC[C@@H](O)C[C@@H]1O. The number of hydrogen-bond acceptors (Lipinski definition) is 6. The van der Waals surface area contributed by atoms with Crippen LogP contribution in [0.3, 0.4) is 0 Å². The molecule has 0 radical (unpaired) electrons. The topological polar surface area (TPSA) is 103 Å². The summed E-state index contributed by atoms with van der Waals surface area (Å²) in [6, 6.07) is 1.88. The van der Waals surface area contributed by atoms with Gasteiger partial charge in [0.25, 0.3) is 0 Å². The normalized spacial score (nSPS) is 36.1. The van der Waals surface area contributed by atoms with E-state index < -0.39 is 24.6 Å². The Morgan fingerprint density at radius 3 is 2.80 bits per heavy atom. The lowest BCUT2D eigenvalue weighted by molar-refractivity contribution is -0.326. The Hall–Kier alpha value is -0.710. The lowest BCUT2D eigenvalue weighted by Gasteiger charge is -2.40. The van der Waals surface area contributed by atoms with E-state index in [9.17, 15) is 10.2 Å². The lowest BCUT2D eigenvalue weighted by atomic mass is 10.0. The zero-order chi connectivity index (χ0) is 11.3. The van der Waals surface area contributed by atoms with E-state index in [2.05, 4.69) is 0 Å². The van der Waals surface area contributed by atoms with Gasteiger partial charge in [0.15, 0.2) is 0 Å².